The Labute approximate surface area is 362 Å². The van der Waals surface area contributed by atoms with E-state index in [1.807, 2.05) is 0 Å². The lowest BCUT2D eigenvalue weighted by Gasteiger charge is -2.20. The zero-order valence-electron chi connectivity index (χ0n) is 38.2. The highest BCUT2D eigenvalue weighted by Crippen LogP contribution is 2.43. The maximum absolute atomic E-state index is 12.4. The van der Waals surface area contributed by atoms with Crippen molar-refractivity contribution >= 4 is 19.8 Å². The normalized spacial score (nSPS) is 13.8. The highest BCUT2D eigenvalue weighted by Gasteiger charge is 2.27. The first kappa shape index (κ1) is 57.7. The zero-order chi connectivity index (χ0) is 43.3. The summed E-state index contributed by atoms with van der Waals surface area (Å²) in [5.41, 5.74) is 0. The molecule has 0 fully saturated rings. The second-order valence-electron chi connectivity index (χ2n) is 16.8. The molecule has 0 aliphatic heterocycles. The molecule has 0 bridgehead atoms. The van der Waals surface area contributed by atoms with Crippen molar-refractivity contribution < 1.29 is 47.8 Å². The van der Waals surface area contributed by atoms with Crippen LogP contribution in [-0.2, 0) is 32.7 Å². The van der Waals surface area contributed by atoms with Gasteiger partial charge in [0.15, 0.2) is 0 Å². The van der Waals surface area contributed by atoms with Crippen molar-refractivity contribution in [2.75, 3.05) is 26.4 Å². The van der Waals surface area contributed by atoms with Gasteiger partial charge < -0.3 is 24.6 Å². The molecule has 0 heterocycles. The summed E-state index contributed by atoms with van der Waals surface area (Å²) in [6.45, 7) is 2.25. The number of carbonyl (C=O) groups is 2. The highest BCUT2D eigenvalue weighted by molar-refractivity contribution is 7.47. The van der Waals surface area contributed by atoms with E-state index in [1.165, 1.54) is 161 Å². The summed E-state index contributed by atoms with van der Waals surface area (Å²) in [5, 5.41) is 19.2. The molecule has 3 atom stereocenters. The van der Waals surface area contributed by atoms with Crippen molar-refractivity contribution in [3.63, 3.8) is 0 Å². The van der Waals surface area contributed by atoms with Gasteiger partial charge in [-0.05, 0) is 38.5 Å². The number of rotatable bonds is 47. The van der Waals surface area contributed by atoms with Crippen LogP contribution in [0.2, 0.25) is 0 Å². The fourth-order valence-electron chi connectivity index (χ4n) is 7.17. The van der Waals surface area contributed by atoms with Crippen LogP contribution >= 0.6 is 7.82 Å². The van der Waals surface area contributed by atoms with Gasteiger partial charge in [-0.15, -0.1) is 0 Å². The Bertz CT molecular complexity index is 993. The van der Waals surface area contributed by atoms with Crippen molar-refractivity contribution in [3.8, 4) is 0 Å². The minimum Gasteiger partial charge on any atom is -0.457 e. The van der Waals surface area contributed by atoms with Gasteiger partial charge in [0.25, 0.3) is 0 Å². The van der Waals surface area contributed by atoms with E-state index in [2.05, 4.69) is 26.0 Å². The molecule has 0 saturated heterocycles. The first-order valence-electron chi connectivity index (χ1n) is 24.6. The maximum Gasteiger partial charge on any atom is 0.472 e. The van der Waals surface area contributed by atoms with E-state index in [4.69, 9.17) is 18.5 Å². The minimum atomic E-state index is -4.64. The molecule has 11 heteroatoms. The molecule has 0 aromatic heterocycles. The van der Waals surface area contributed by atoms with Crippen molar-refractivity contribution in [2.24, 2.45) is 0 Å². The lowest BCUT2D eigenvalue weighted by atomic mass is 10.0. The largest absolute Gasteiger partial charge is 0.472 e. The number of aliphatic hydroxyl groups is 2. The van der Waals surface area contributed by atoms with E-state index in [9.17, 15) is 29.3 Å². The Morgan fingerprint density at radius 2 is 0.695 bits per heavy atom. The summed E-state index contributed by atoms with van der Waals surface area (Å²) in [6.07, 6.45) is 44.7. The monoisotopic (exact) mass is 861 g/mol. The van der Waals surface area contributed by atoms with E-state index in [0.717, 1.165) is 44.9 Å². The van der Waals surface area contributed by atoms with Crippen molar-refractivity contribution in [1.82, 2.24) is 0 Å². The molecular weight excluding hydrogens is 767 g/mol. The maximum atomic E-state index is 12.4. The number of hydrogen-bond donors (Lipinski definition) is 3. The summed E-state index contributed by atoms with van der Waals surface area (Å²) < 4.78 is 32.7. The first-order valence-corrected chi connectivity index (χ1v) is 26.1. The molecule has 3 N–H and O–H groups in total. The van der Waals surface area contributed by atoms with Crippen molar-refractivity contribution in [1.29, 1.82) is 0 Å². The summed E-state index contributed by atoms with van der Waals surface area (Å²) in [4.78, 5) is 34.6. The number of aliphatic hydroxyl groups excluding tert-OH is 2. The van der Waals surface area contributed by atoms with Crippen LogP contribution in [0.3, 0.4) is 0 Å². The van der Waals surface area contributed by atoms with E-state index in [1.54, 1.807) is 0 Å². The molecule has 0 aliphatic rings. The number of ether oxygens (including phenoxy) is 2. The molecule has 0 amide bonds. The van der Waals surface area contributed by atoms with Crippen LogP contribution in [0.1, 0.15) is 245 Å². The second kappa shape index (κ2) is 44.8. The second-order valence-corrected chi connectivity index (χ2v) is 18.3. The molecule has 0 aliphatic carbocycles. The fourth-order valence-corrected chi connectivity index (χ4v) is 7.95. The van der Waals surface area contributed by atoms with Gasteiger partial charge in [-0.2, -0.15) is 0 Å². The standard InChI is InChI=1S/C48H93O10P/c1-3-5-7-9-11-13-15-17-19-21-22-24-26-28-30-32-34-36-38-40-48(52)58-46(42-50)44-56-59(53,54)55-43-45(41-49)57-47(51)39-37-35-33-31-29-27-25-23-20-18-16-14-12-10-8-6-4-2/h18,20,45-46,49-50H,3-17,19,21-44H2,1-2H3,(H,53,54)/b20-18-. The number of esters is 2. The molecule has 0 aromatic carbocycles. The molecule has 0 aromatic rings. The first-order chi connectivity index (χ1) is 28.8. The summed E-state index contributed by atoms with van der Waals surface area (Å²) >= 11 is 0. The minimum absolute atomic E-state index is 0.191. The number of allylic oxidation sites excluding steroid dienone is 2. The molecule has 59 heavy (non-hydrogen) atoms. The van der Waals surface area contributed by atoms with Gasteiger partial charge >= 0.3 is 19.8 Å². The van der Waals surface area contributed by atoms with Gasteiger partial charge in [0, 0.05) is 12.8 Å². The number of phosphoric ester groups is 1. The summed E-state index contributed by atoms with van der Waals surface area (Å²) in [7, 11) is -4.64. The van der Waals surface area contributed by atoms with E-state index < -0.39 is 58.4 Å². The topological polar surface area (TPSA) is 149 Å². The Kier molecular flexibility index (Phi) is 43.8. The average Bonchev–Trinajstić information content (AvgIpc) is 3.22. The summed E-state index contributed by atoms with van der Waals surface area (Å²) in [5.74, 6) is -1.01. The van der Waals surface area contributed by atoms with Crippen LogP contribution in [0.25, 0.3) is 0 Å². The Balaban J connectivity index is 3.83. The average molecular weight is 861 g/mol. The van der Waals surface area contributed by atoms with Crippen LogP contribution in [0.15, 0.2) is 12.2 Å². The third kappa shape index (κ3) is 43.2. The molecular formula is C48H93O10P. The molecule has 350 valence electrons. The van der Waals surface area contributed by atoms with Crippen LogP contribution in [0.4, 0.5) is 0 Å². The highest BCUT2D eigenvalue weighted by atomic mass is 31.2. The van der Waals surface area contributed by atoms with Crippen LogP contribution in [0, 0.1) is 0 Å². The quantitative estimate of drug-likeness (QED) is 0.0234. The molecule has 10 nitrogen and oxygen atoms in total. The Hall–Kier alpha value is -1.29. The third-order valence-electron chi connectivity index (χ3n) is 11.0. The van der Waals surface area contributed by atoms with Crippen molar-refractivity contribution in [2.45, 2.75) is 257 Å². The number of hydrogen-bond acceptors (Lipinski definition) is 9. The van der Waals surface area contributed by atoms with Gasteiger partial charge in [0.2, 0.25) is 0 Å². The number of phosphoric acid groups is 1. The van der Waals surface area contributed by atoms with Crippen LogP contribution in [0.5, 0.6) is 0 Å². The van der Waals surface area contributed by atoms with Gasteiger partial charge in [-0.1, -0.05) is 206 Å². The molecule has 0 rings (SSSR count). The number of carbonyl (C=O) groups excluding carboxylic acids is 2. The van der Waals surface area contributed by atoms with Gasteiger partial charge in [-0.25, -0.2) is 4.57 Å². The predicted molar refractivity (Wildman–Crippen MR) is 242 cm³/mol. The Morgan fingerprint density at radius 3 is 0.966 bits per heavy atom. The predicted octanol–water partition coefficient (Wildman–Crippen LogP) is 13.6. The molecule has 3 unspecified atom stereocenters. The lowest BCUT2D eigenvalue weighted by molar-refractivity contribution is -0.153. The SMILES string of the molecule is CCCCCCCC/C=C\CCCCCCCCCC(=O)OC(CO)COP(=O)(O)OCC(CO)OC(=O)CCCCCCCCCCCCCCCCCCCCC. The van der Waals surface area contributed by atoms with E-state index in [-0.39, 0.29) is 12.8 Å². The molecule has 0 saturated carbocycles. The van der Waals surface area contributed by atoms with Gasteiger partial charge in [-0.3, -0.25) is 18.6 Å². The summed E-state index contributed by atoms with van der Waals surface area (Å²) in [6, 6.07) is 0. The van der Waals surface area contributed by atoms with Crippen molar-refractivity contribution in [3.05, 3.63) is 12.2 Å². The Morgan fingerprint density at radius 1 is 0.441 bits per heavy atom. The molecule has 0 radical (unpaired) electrons. The fraction of sp³-hybridized carbons (Fsp3) is 0.917. The smallest absolute Gasteiger partial charge is 0.457 e. The number of unbranched alkanes of at least 4 members (excludes halogenated alkanes) is 31. The molecule has 0 spiro atoms. The van der Waals surface area contributed by atoms with Crippen LogP contribution < -0.4 is 0 Å². The van der Waals surface area contributed by atoms with Gasteiger partial charge in [0.1, 0.15) is 12.2 Å². The lowest BCUT2D eigenvalue weighted by Crippen LogP contribution is -2.28. The third-order valence-corrected chi connectivity index (χ3v) is 11.9. The van der Waals surface area contributed by atoms with E-state index >= 15 is 0 Å². The van der Waals surface area contributed by atoms with E-state index in [0.29, 0.717) is 12.8 Å². The van der Waals surface area contributed by atoms with Crippen LogP contribution in [-0.4, -0.2) is 65.7 Å². The zero-order valence-corrected chi connectivity index (χ0v) is 39.1. The van der Waals surface area contributed by atoms with Gasteiger partial charge in [0.05, 0.1) is 26.4 Å².